The van der Waals surface area contributed by atoms with Crippen LogP contribution < -0.4 is 10.6 Å². The lowest BCUT2D eigenvalue weighted by molar-refractivity contribution is -0.123. The van der Waals surface area contributed by atoms with Crippen LogP contribution in [-0.2, 0) is 4.79 Å². The summed E-state index contributed by atoms with van der Waals surface area (Å²) in [6.45, 7) is 5.86. The number of anilines is 1. The molecule has 2 aromatic carbocycles. The maximum atomic E-state index is 12.7. The van der Waals surface area contributed by atoms with E-state index in [-0.39, 0.29) is 11.4 Å². The highest BCUT2D eigenvalue weighted by Crippen LogP contribution is 2.21. The molecule has 2 N–H and O–H groups in total. The number of benzene rings is 2. The third-order valence-corrected chi connectivity index (χ3v) is 3.22. The molecule has 2 rings (SSSR count). The van der Waals surface area contributed by atoms with Crippen LogP contribution in [0.25, 0.3) is 0 Å². The van der Waals surface area contributed by atoms with Crippen molar-refractivity contribution in [3.8, 4) is 6.07 Å². The Bertz CT molecular complexity index is 694. The van der Waals surface area contributed by atoms with E-state index in [1.807, 2.05) is 51.1 Å². The number of hydrogen-bond donors (Lipinski definition) is 2. The second-order valence-electron chi connectivity index (χ2n) is 6.42. The van der Waals surface area contributed by atoms with Crippen LogP contribution in [0.5, 0.6) is 0 Å². The first-order chi connectivity index (χ1) is 10.9. The highest BCUT2D eigenvalue weighted by molar-refractivity contribution is 5.86. The van der Waals surface area contributed by atoms with Crippen molar-refractivity contribution in [2.45, 2.75) is 32.4 Å². The smallest absolute Gasteiger partial charge is 0.247 e. The lowest BCUT2D eigenvalue weighted by Gasteiger charge is -2.26. The molecule has 0 aromatic heterocycles. The van der Waals surface area contributed by atoms with Gasteiger partial charge in [0.1, 0.15) is 6.04 Å². The first kappa shape index (κ1) is 16.6. The molecule has 0 heterocycles. The number of carbonyl (C=O) groups is 1. The van der Waals surface area contributed by atoms with Crippen molar-refractivity contribution >= 4 is 11.6 Å². The number of amides is 1. The van der Waals surface area contributed by atoms with Crippen molar-refractivity contribution < 1.29 is 4.79 Å². The van der Waals surface area contributed by atoms with E-state index in [4.69, 9.17) is 5.26 Å². The molecule has 0 aliphatic rings. The molecule has 1 amide bonds. The monoisotopic (exact) mass is 307 g/mol. The number of nitriles is 1. The molecular formula is C19H21N3O. The normalized spacial score (nSPS) is 12.1. The van der Waals surface area contributed by atoms with Crippen LogP contribution in [0.2, 0.25) is 0 Å². The zero-order valence-corrected chi connectivity index (χ0v) is 13.6. The van der Waals surface area contributed by atoms with Gasteiger partial charge >= 0.3 is 0 Å². The zero-order valence-electron chi connectivity index (χ0n) is 13.6. The van der Waals surface area contributed by atoms with E-state index >= 15 is 0 Å². The Balaban J connectivity index is 2.26. The summed E-state index contributed by atoms with van der Waals surface area (Å²) < 4.78 is 0. The Labute approximate surface area is 137 Å². The summed E-state index contributed by atoms with van der Waals surface area (Å²) in [6.07, 6.45) is 0. The van der Waals surface area contributed by atoms with Gasteiger partial charge in [-0.1, -0.05) is 30.3 Å². The zero-order chi connectivity index (χ0) is 16.9. The van der Waals surface area contributed by atoms with Crippen LogP contribution in [-0.4, -0.2) is 11.4 Å². The molecule has 0 saturated carbocycles. The second-order valence-corrected chi connectivity index (χ2v) is 6.42. The molecule has 1 atom stereocenters. The number of hydrogen-bond acceptors (Lipinski definition) is 3. The van der Waals surface area contributed by atoms with Gasteiger partial charge in [-0.15, -0.1) is 0 Å². The van der Waals surface area contributed by atoms with Crippen LogP contribution in [0.3, 0.4) is 0 Å². The first-order valence-corrected chi connectivity index (χ1v) is 7.53. The summed E-state index contributed by atoms with van der Waals surface area (Å²) in [4.78, 5) is 12.7. The van der Waals surface area contributed by atoms with Crippen molar-refractivity contribution in [3.63, 3.8) is 0 Å². The summed E-state index contributed by atoms with van der Waals surface area (Å²) in [7, 11) is 0. The molecule has 0 saturated heterocycles. The maximum absolute atomic E-state index is 12.7. The van der Waals surface area contributed by atoms with E-state index in [9.17, 15) is 4.79 Å². The van der Waals surface area contributed by atoms with Gasteiger partial charge in [-0.3, -0.25) is 4.79 Å². The Morgan fingerprint density at radius 1 is 1.04 bits per heavy atom. The van der Waals surface area contributed by atoms with Gasteiger partial charge in [0.15, 0.2) is 0 Å². The lowest BCUT2D eigenvalue weighted by atomic mass is 10.0. The first-order valence-electron chi connectivity index (χ1n) is 7.53. The highest BCUT2D eigenvalue weighted by Gasteiger charge is 2.24. The summed E-state index contributed by atoms with van der Waals surface area (Å²) >= 11 is 0. The van der Waals surface area contributed by atoms with Crippen LogP contribution in [0, 0.1) is 11.3 Å². The number of rotatable bonds is 4. The summed E-state index contributed by atoms with van der Waals surface area (Å²) in [5.41, 5.74) is 1.96. The molecule has 0 aliphatic carbocycles. The van der Waals surface area contributed by atoms with Crippen molar-refractivity contribution in [3.05, 3.63) is 65.7 Å². The quantitative estimate of drug-likeness (QED) is 0.906. The molecule has 0 bridgehead atoms. The van der Waals surface area contributed by atoms with E-state index in [1.54, 1.807) is 24.3 Å². The fraction of sp³-hybridized carbons (Fsp3) is 0.263. The molecule has 4 nitrogen and oxygen atoms in total. The minimum atomic E-state index is -0.497. The third kappa shape index (κ3) is 4.86. The van der Waals surface area contributed by atoms with Gasteiger partial charge in [-0.25, -0.2) is 0 Å². The average molecular weight is 307 g/mol. The number of nitrogens with zero attached hydrogens (tertiary/aromatic N) is 1. The fourth-order valence-corrected chi connectivity index (χ4v) is 2.20. The molecule has 2 aromatic rings. The standard InChI is InChI=1S/C19H21N3O/c1-19(2,3)22-18(23)17(15-7-5-4-6-8-15)21-16-11-9-14(13-20)10-12-16/h4-12,17,21H,1-3H3,(H,22,23). The molecular weight excluding hydrogens is 286 g/mol. The van der Waals surface area contributed by atoms with E-state index < -0.39 is 6.04 Å². The van der Waals surface area contributed by atoms with Crippen LogP contribution >= 0.6 is 0 Å². The molecule has 23 heavy (non-hydrogen) atoms. The minimum Gasteiger partial charge on any atom is -0.370 e. The number of nitrogens with one attached hydrogen (secondary N) is 2. The predicted octanol–water partition coefficient (Wildman–Crippen LogP) is 3.63. The van der Waals surface area contributed by atoms with Crippen molar-refractivity contribution in [2.24, 2.45) is 0 Å². The van der Waals surface area contributed by atoms with Crippen LogP contribution in [0.1, 0.15) is 37.9 Å². The van der Waals surface area contributed by atoms with Gasteiger partial charge < -0.3 is 10.6 Å². The van der Waals surface area contributed by atoms with Crippen LogP contribution in [0.15, 0.2) is 54.6 Å². The molecule has 0 radical (unpaired) electrons. The second kappa shape index (κ2) is 6.97. The summed E-state index contributed by atoms with van der Waals surface area (Å²) in [6, 6.07) is 18.2. The van der Waals surface area contributed by atoms with Gasteiger partial charge in [-0.2, -0.15) is 5.26 Å². The topological polar surface area (TPSA) is 64.9 Å². The third-order valence-electron chi connectivity index (χ3n) is 3.22. The lowest BCUT2D eigenvalue weighted by Crippen LogP contribution is -2.44. The molecule has 118 valence electrons. The van der Waals surface area contributed by atoms with E-state index in [0.29, 0.717) is 5.56 Å². The predicted molar refractivity (Wildman–Crippen MR) is 91.9 cm³/mol. The fourth-order valence-electron chi connectivity index (χ4n) is 2.20. The van der Waals surface area contributed by atoms with Gasteiger partial charge in [-0.05, 0) is 50.6 Å². The Hall–Kier alpha value is -2.80. The van der Waals surface area contributed by atoms with Crippen molar-refractivity contribution in [1.29, 1.82) is 5.26 Å². The Morgan fingerprint density at radius 2 is 1.65 bits per heavy atom. The minimum absolute atomic E-state index is 0.0898. The van der Waals surface area contributed by atoms with Crippen molar-refractivity contribution in [2.75, 3.05) is 5.32 Å². The van der Waals surface area contributed by atoms with E-state index in [0.717, 1.165) is 11.3 Å². The summed E-state index contributed by atoms with van der Waals surface area (Å²) in [5.74, 6) is -0.0898. The highest BCUT2D eigenvalue weighted by atomic mass is 16.2. The van der Waals surface area contributed by atoms with Gasteiger partial charge in [0.05, 0.1) is 11.6 Å². The SMILES string of the molecule is CC(C)(C)NC(=O)C(Nc1ccc(C#N)cc1)c1ccccc1. The Morgan fingerprint density at radius 3 is 2.17 bits per heavy atom. The molecule has 0 spiro atoms. The summed E-state index contributed by atoms with van der Waals surface area (Å²) in [5, 5.41) is 15.1. The molecule has 4 heteroatoms. The van der Waals surface area contributed by atoms with E-state index in [2.05, 4.69) is 16.7 Å². The molecule has 0 fully saturated rings. The van der Waals surface area contributed by atoms with Crippen molar-refractivity contribution in [1.82, 2.24) is 5.32 Å². The van der Waals surface area contributed by atoms with Gasteiger partial charge in [0.25, 0.3) is 0 Å². The Kier molecular flexibility index (Phi) is 5.02. The largest absolute Gasteiger partial charge is 0.370 e. The van der Waals surface area contributed by atoms with Gasteiger partial charge in [0, 0.05) is 11.2 Å². The van der Waals surface area contributed by atoms with E-state index in [1.165, 1.54) is 0 Å². The van der Waals surface area contributed by atoms with Crippen LogP contribution in [0.4, 0.5) is 5.69 Å². The average Bonchev–Trinajstić information content (AvgIpc) is 2.52. The number of carbonyl (C=O) groups excluding carboxylic acids is 1. The molecule has 0 aliphatic heterocycles. The molecule has 1 unspecified atom stereocenters. The van der Waals surface area contributed by atoms with Gasteiger partial charge in [0.2, 0.25) is 5.91 Å². The maximum Gasteiger partial charge on any atom is 0.247 e.